The zero-order valence-corrected chi connectivity index (χ0v) is 15.1. The van der Waals surface area contributed by atoms with Gasteiger partial charge in [0, 0.05) is 23.6 Å². The number of hydrogen-bond acceptors (Lipinski definition) is 4. The molecule has 0 bridgehead atoms. The van der Waals surface area contributed by atoms with Crippen LogP contribution in [0, 0.1) is 10.1 Å². The van der Waals surface area contributed by atoms with Gasteiger partial charge in [0.25, 0.3) is 5.69 Å². The molecule has 2 rings (SSSR count). The van der Waals surface area contributed by atoms with Crippen molar-refractivity contribution < 1.29 is 14.5 Å². The van der Waals surface area contributed by atoms with Crippen LogP contribution in [-0.4, -0.2) is 17.4 Å². The van der Waals surface area contributed by atoms with Crippen molar-refractivity contribution in [1.29, 1.82) is 0 Å². The van der Waals surface area contributed by atoms with E-state index in [1.165, 1.54) is 18.2 Å². The van der Waals surface area contributed by atoms with Crippen LogP contribution in [0.1, 0.15) is 12.8 Å². The lowest BCUT2D eigenvalue weighted by Crippen LogP contribution is -2.13. The molecule has 0 heterocycles. The van der Waals surface area contributed by atoms with E-state index in [0.717, 1.165) is 0 Å². The molecule has 2 aromatic rings. The Bertz CT molecular complexity index is 799. The Morgan fingerprint density at radius 3 is 2.52 bits per heavy atom. The number of rotatable bonds is 7. The van der Waals surface area contributed by atoms with Gasteiger partial charge in [0.2, 0.25) is 5.91 Å². The SMILES string of the molecule is O=C(CCCOc1ccc(Cl)cc1Cl)Nc1ccc([N+](=O)[O-])cc1Cl. The number of non-ortho nitro benzene ring substituents is 1. The Labute approximate surface area is 158 Å². The van der Waals surface area contributed by atoms with E-state index in [0.29, 0.717) is 34.5 Å². The van der Waals surface area contributed by atoms with Crippen molar-refractivity contribution in [3.05, 3.63) is 61.6 Å². The van der Waals surface area contributed by atoms with Crippen molar-refractivity contribution in [3.63, 3.8) is 0 Å². The number of hydrogen-bond donors (Lipinski definition) is 1. The predicted molar refractivity (Wildman–Crippen MR) is 97.9 cm³/mol. The average Bonchev–Trinajstić information content (AvgIpc) is 2.55. The van der Waals surface area contributed by atoms with Crippen LogP contribution >= 0.6 is 34.8 Å². The normalized spacial score (nSPS) is 10.4. The Kier molecular flexibility index (Phi) is 6.87. The van der Waals surface area contributed by atoms with E-state index in [2.05, 4.69) is 5.32 Å². The number of nitrogens with zero attached hydrogens (tertiary/aromatic N) is 1. The fraction of sp³-hybridized carbons (Fsp3) is 0.188. The van der Waals surface area contributed by atoms with Crippen LogP contribution in [0.2, 0.25) is 15.1 Å². The lowest BCUT2D eigenvalue weighted by Gasteiger charge is -2.09. The molecule has 2 aromatic carbocycles. The largest absolute Gasteiger partial charge is 0.492 e. The van der Waals surface area contributed by atoms with Gasteiger partial charge in [0.15, 0.2) is 0 Å². The molecule has 0 saturated carbocycles. The molecule has 0 aromatic heterocycles. The highest BCUT2D eigenvalue weighted by atomic mass is 35.5. The first-order valence-electron chi connectivity index (χ1n) is 7.18. The molecule has 0 aliphatic heterocycles. The highest BCUT2D eigenvalue weighted by molar-refractivity contribution is 6.35. The minimum atomic E-state index is -0.559. The van der Waals surface area contributed by atoms with Gasteiger partial charge in [0.1, 0.15) is 5.75 Å². The molecular formula is C16H13Cl3N2O4. The standard InChI is InChI=1S/C16H13Cl3N2O4/c17-10-3-6-15(13(19)8-10)25-7-1-2-16(22)20-14-5-4-11(21(23)24)9-12(14)18/h3-6,8-9H,1-2,7H2,(H,20,22). The van der Waals surface area contributed by atoms with Crippen molar-refractivity contribution in [2.24, 2.45) is 0 Å². The van der Waals surface area contributed by atoms with Crippen LogP contribution in [0.25, 0.3) is 0 Å². The van der Waals surface area contributed by atoms with Gasteiger partial charge in [0.05, 0.1) is 27.3 Å². The number of nitro groups is 1. The summed E-state index contributed by atoms with van der Waals surface area (Å²) in [4.78, 5) is 22.0. The van der Waals surface area contributed by atoms with E-state index in [1.807, 2.05) is 0 Å². The highest BCUT2D eigenvalue weighted by Gasteiger charge is 2.11. The predicted octanol–water partition coefficient (Wildman–Crippen LogP) is 5.35. The zero-order chi connectivity index (χ0) is 18.4. The zero-order valence-electron chi connectivity index (χ0n) is 12.8. The fourth-order valence-electron chi connectivity index (χ4n) is 1.94. The smallest absolute Gasteiger partial charge is 0.271 e. The molecule has 0 atom stereocenters. The van der Waals surface area contributed by atoms with Crippen LogP contribution in [0.4, 0.5) is 11.4 Å². The number of anilines is 1. The summed E-state index contributed by atoms with van der Waals surface area (Å²) in [5.74, 6) is 0.214. The fourth-order valence-corrected chi connectivity index (χ4v) is 2.62. The van der Waals surface area contributed by atoms with Gasteiger partial charge in [-0.2, -0.15) is 0 Å². The third-order valence-corrected chi connectivity index (χ3v) is 3.98. The van der Waals surface area contributed by atoms with Crippen LogP contribution in [0.15, 0.2) is 36.4 Å². The Morgan fingerprint density at radius 1 is 1.12 bits per heavy atom. The molecule has 0 aliphatic carbocycles. The summed E-state index contributed by atoms with van der Waals surface area (Å²) >= 11 is 17.7. The maximum atomic E-state index is 11.9. The van der Waals surface area contributed by atoms with Crippen molar-refractivity contribution in [2.45, 2.75) is 12.8 Å². The molecule has 0 unspecified atom stereocenters. The number of amides is 1. The Hall–Kier alpha value is -2.02. The second kappa shape index (κ2) is 8.89. The van der Waals surface area contributed by atoms with Crippen molar-refractivity contribution in [1.82, 2.24) is 0 Å². The molecule has 25 heavy (non-hydrogen) atoms. The van der Waals surface area contributed by atoms with Crippen molar-refractivity contribution >= 4 is 52.1 Å². The van der Waals surface area contributed by atoms with Gasteiger partial charge in [-0.25, -0.2) is 0 Å². The molecule has 9 heteroatoms. The number of nitro benzene ring substituents is 1. The van der Waals surface area contributed by atoms with E-state index in [4.69, 9.17) is 39.5 Å². The molecule has 6 nitrogen and oxygen atoms in total. The topological polar surface area (TPSA) is 81.5 Å². The third-order valence-electron chi connectivity index (χ3n) is 3.14. The highest BCUT2D eigenvalue weighted by Crippen LogP contribution is 2.28. The van der Waals surface area contributed by atoms with Crippen LogP contribution in [0.3, 0.4) is 0 Å². The lowest BCUT2D eigenvalue weighted by molar-refractivity contribution is -0.384. The lowest BCUT2D eigenvalue weighted by atomic mass is 10.2. The maximum Gasteiger partial charge on any atom is 0.271 e. The second-order valence-electron chi connectivity index (χ2n) is 5.00. The van der Waals surface area contributed by atoms with E-state index in [-0.39, 0.29) is 23.0 Å². The summed E-state index contributed by atoms with van der Waals surface area (Å²) < 4.78 is 5.49. The monoisotopic (exact) mass is 402 g/mol. The van der Waals surface area contributed by atoms with Gasteiger partial charge in [-0.1, -0.05) is 34.8 Å². The van der Waals surface area contributed by atoms with Crippen molar-refractivity contribution in [3.8, 4) is 5.75 Å². The molecule has 0 spiro atoms. The summed E-state index contributed by atoms with van der Waals surface area (Å²) in [6.45, 7) is 0.294. The number of halogens is 3. The third kappa shape index (κ3) is 5.77. The average molecular weight is 404 g/mol. The number of ether oxygens (including phenoxy) is 1. The first-order valence-corrected chi connectivity index (χ1v) is 8.32. The summed E-state index contributed by atoms with van der Waals surface area (Å²) in [5, 5.41) is 14.3. The molecule has 1 N–H and O–H groups in total. The molecule has 1 amide bonds. The summed E-state index contributed by atoms with van der Waals surface area (Å²) in [5.41, 5.74) is 0.176. The summed E-state index contributed by atoms with van der Waals surface area (Å²) in [7, 11) is 0. The van der Waals surface area contributed by atoms with Crippen LogP contribution in [-0.2, 0) is 4.79 Å². The molecule has 0 saturated heterocycles. The molecule has 132 valence electrons. The van der Waals surface area contributed by atoms with Crippen LogP contribution < -0.4 is 10.1 Å². The molecular weight excluding hydrogens is 391 g/mol. The van der Waals surface area contributed by atoms with Crippen molar-refractivity contribution in [2.75, 3.05) is 11.9 Å². The Morgan fingerprint density at radius 2 is 1.88 bits per heavy atom. The number of nitrogens with one attached hydrogen (secondary N) is 1. The van der Waals surface area contributed by atoms with E-state index < -0.39 is 4.92 Å². The van der Waals surface area contributed by atoms with Gasteiger partial charge < -0.3 is 10.1 Å². The van der Waals surface area contributed by atoms with E-state index in [9.17, 15) is 14.9 Å². The van der Waals surface area contributed by atoms with Gasteiger partial charge >= 0.3 is 0 Å². The van der Waals surface area contributed by atoms with E-state index >= 15 is 0 Å². The van der Waals surface area contributed by atoms with Gasteiger partial charge in [-0.3, -0.25) is 14.9 Å². The Balaban J connectivity index is 1.80. The molecule has 0 radical (unpaired) electrons. The number of carbonyl (C=O) groups excluding carboxylic acids is 1. The molecule has 0 fully saturated rings. The minimum absolute atomic E-state index is 0.103. The number of carbonyl (C=O) groups is 1. The first-order chi connectivity index (χ1) is 11.9. The second-order valence-corrected chi connectivity index (χ2v) is 6.25. The first kappa shape index (κ1) is 19.3. The number of benzene rings is 2. The molecule has 0 aliphatic rings. The summed E-state index contributed by atoms with van der Waals surface area (Å²) in [6, 6.07) is 8.73. The summed E-state index contributed by atoms with van der Waals surface area (Å²) in [6.07, 6.45) is 0.647. The quantitative estimate of drug-likeness (QED) is 0.384. The van der Waals surface area contributed by atoms with E-state index in [1.54, 1.807) is 18.2 Å². The van der Waals surface area contributed by atoms with Crippen LogP contribution in [0.5, 0.6) is 5.75 Å². The van der Waals surface area contributed by atoms with Gasteiger partial charge in [-0.15, -0.1) is 0 Å². The minimum Gasteiger partial charge on any atom is -0.492 e. The van der Waals surface area contributed by atoms with Gasteiger partial charge in [-0.05, 0) is 30.7 Å². The maximum absolute atomic E-state index is 11.9.